The highest BCUT2D eigenvalue weighted by molar-refractivity contribution is 6.31. The third-order valence-corrected chi connectivity index (χ3v) is 7.09. The summed E-state index contributed by atoms with van der Waals surface area (Å²) in [5.41, 5.74) is 8.72. The molecule has 0 radical (unpaired) electrons. The molecule has 36 heavy (non-hydrogen) atoms. The van der Waals surface area contributed by atoms with Gasteiger partial charge in [0.1, 0.15) is 24.0 Å². The van der Waals surface area contributed by atoms with E-state index in [1.54, 1.807) is 6.20 Å². The number of hydrogen-bond donors (Lipinski definition) is 1. The first kappa shape index (κ1) is 24.1. The molecular weight excluding hydrogens is 468 g/mol. The Morgan fingerprint density at radius 3 is 2.69 bits per heavy atom. The van der Waals surface area contributed by atoms with Crippen LogP contribution in [0.3, 0.4) is 0 Å². The van der Waals surface area contributed by atoms with Gasteiger partial charge >= 0.3 is 0 Å². The molecule has 5 nitrogen and oxygen atoms in total. The van der Waals surface area contributed by atoms with Crippen molar-refractivity contribution >= 4 is 28.5 Å². The van der Waals surface area contributed by atoms with E-state index in [1.165, 1.54) is 5.56 Å². The average Bonchev–Trinajstić information content (AvgIpc) is 3.09. The number of hydrogen-bond acceptors (Lipinski definition) is 3. The number of nitrogens with zero attached hydrogens (tertiary/aromatic N) is 3. The summed E-state index contributed by atoms with van der Waals surface area (Å²) in [5, 5.41) is 0.777. The number of benzene rings is 3. The fourth-order valence-corrected chi connectivity index (χ4v) is 5.02. The molecule has 0 aliphatic carbocycles. The maximum Gasteiger partial charge on any atom is 0.136 e. The van der Waals surface area contributed by atoms with Gasteiger partial charge in [0.05, 0.1) is 17.6 Å². The van der Waals surface area contributed by atoms with Crippen LogP contribution in [0.1, 0.15) is 47.8 Å². The molecule has 5 rings (SSSR count). The van der Waals surface area contributed by atoms with Gasteiger partial charge in [-0.15, -0.1) is 0 Å². The first-order chi connectivity index (χ1) is 17.3. The molecule has 6 heteroatoms. The molecule has 0 saturated heterocycles. The molecule has 0 atom stereocenters. The van der Waals surface area contributed by atoms with E-state index >= 15 is 0 Å². The lowest BCUT2D eigenvalue weighted by atomic mass is 9.94. The van der Waals surface area contributed by atoms with Crippen molar-refractivity contribution in [2.75, 3.05) is 13.2 Å². The van der Waals surface area contributed by atoms with Crippen molar-refractivity contribution in [3.05, 3.63) is 94.4 Å². The van der Waals surface area contributed by atoms with Gasteiger partial charge in [0.25, 0.3) is 0 Å². The zero-order valence-electron chi connectivity index (χ0n) is 21.2. The summed E-state index contributed by atoms with van der Waals surface area (Å²) in [6, 6.07) is 17.0. The highest BCUT2D eigenvalue weighted by Crippen LogP contribution is 2.33. The van der Waals surface area contributed by atoms with Gasteiger partial charge in [0.2, 0.25) is 0 Å². The number of nitrogens with one attached hydrogen (secondary N) is 1. The summed E-state index contributed by atoms with van der Waals surface area (Å²) in [6.07, 6.45) is 1.62. The zero-order chi connectivity index (χ0) is 25.4. The number of aromatic amines is 1. The SMILES string of the molecule is C=CN=C(c1cc(C)c(Cl)cc1C(C)C)N1CCOc2ccc(-c3ccc4nc(C)[nH]c4c3)cc2C1. The van der Waals surface area contributed by atoms with Gasteiger partial charge in [0, 0.05) is 28.9 Å². The number of fused-ring (bicyclic) bond motifs is 2. The Bertz CT molecular complexity index is 1480. The van der Waals surface area contributed by atoms with E-state index < -0.39 is 0 Å². The second kappa shape index (κ2) is 9.82. The fraction of sp³-hybridized carbons (Fsp3) is 0.267. The van der Waals surface area contributed by atoms with Crippen LogP contribution >= 0.6 is 11.6 Å². The molecule has 0 amide bonds. The maximum absolute atomic E-state index is 6.50. The number of rotatable bonds is 4. The molecule has 0 spiro atoms. The number of ether oxygens (including phenoxy) is 1. The summed E-state index contributed by atoms with van der Waals surface area (Å²) < 4.78 is 6.17. The Hall–Kier alpha value is -3.57. The average molecular weight is 499 g/mol. The molecule has 0 bridgehead atoms. The van der Waals surface area contributed by atoms with Crippen LogP contribution in [0, 0.1) is 13.8 Å². The van der Waals surface area contributed by atoms with Crippen molar-refractivity contribution in [3.63, 3.8) is 0 Å². The van der Waals surface area contributed by atoms with E-state index in [9.17, 15) is 0 Å². The smallest absolute Gasteiger partial charge is 0.136 e. The highest BCUT2D eigenvalue weighted by Gasteiger charge is 2.23. The van der Waals surface area contributed by atoms with Gasteiger partial charge in [0.15, 0.2) is 0 Å². The monoisotopic (exact) mass is 498 g/mol. The Labute approximate surface area is 217 Å². The second-order valence-electron chi connectivity index (χ2n) is 9.63. The lowest BCUT2D eigenvalue weighted by Gasteiger charge is -2.27. The number of halogens is 1. The quantitative estimate of drug-likeness (QED) is 0.235. The summed E-state index contributed by atoms with van der Waals surface area (Å²) in [5.74, 6) is 3.02. The second-order valence-corrected chi connectivity index (χ2v) is 10.0. The summed E-state index contributed by atoms with van der Waals surface area (Å²) >= 11 is 6.50. The molecule has 2 heterocycles. The minimum absolute atomic E-state index is 0.302. The number of aryl methyl sites for hydroxylation is 2. The number of H-pyrrole nitrogens is 1. The van der Waals surface area contributed by atoms with E-state index in [1.807, 2.05) is 13.8 Å². The molecule has 0 fully saturated rings. The van der Waals surface area contributed by atoms with Crippen molar-refractivity contribution in [1.82, 2.24) is 14.9 Å². The van der Waals surface area contributed by atoms with Gasteiger partial charge in [-0.1, -0.05) is 44.2 Å². The molecule has 184 valence electrons. The molecule has 1 aromatic heterocycles. The van der Waals surface area contributed by atoms with Crippen LogP contribution in [0.4, 0.5) is 0 Å². The van der Waals surface area contributed by atoms with Crippen molar-refractivity contribution in [2.45, 2.75) is 40.2 Å². The molecule has 1 N–H and O–H groups in total. The van der Waals surface area contributed by atoms with Crippen LogP contribution in [0.5, 0.6) is 5.75 Å². The lowest BCUT2D eigenvalue weighted by molar-refractivity contribution is 0.290. The molecule has 4 aromatic rings. The summed E-state index contributed by atoms with van der Waals surface area (Å²) in [7, 11) is 0. The van der Waals surface area contributed by atoms with Gasteiger partial charge in [-0.3, -0.25) is 0 Å². The standard InChI is InChI=1S/C30H31ClN4O/c1-6-32-30(25-13-19(4)26(31)16-24(25)18(2)3)35-11-12-36-29-10-8-21(14-23(29)17-35)22-7-9-27-28(15-22)34-20(5)33-27/h6-10,13-16,18H,1,11-12,17H2,2-5H3,(H,33,34). The van der Waals surface area contributed by atoms with E-state index in [4.69, 9.17) is 21.3 Å². The summed E-state index contributed by atoms with van der Waals surface area (Å²) in [4.78, 5) is 14.9. The van der Waals surface area contributed by atoms with E-state index in [0.717, 1.165) is 67.8 Å². The fourth-order valence-electron chi connectivity index (χ4n) is 4.85. The zero-order valence-corrected chi connectivity index (χ0v) is 22.0. The largest absolute Gasteiger partial charge is 0.491 e. The van der Waals surface area contributed by atoms with Gasteiger partial charge in [-0.05, 0) is 78.4 Å². The molecule has 0 saturated carbocycles. The normalized spacial score (nSPS) is 14.1. The highest BCUT2D eigenvalue weighted by atomic mass is 35.5. The van der Waals surface area contributed by atoms with Crippen molar-refractivity contribution in [1.29, 1.82) is 0 Å². The first-order valence-electron chi connectivity index (χ1n) is 12.3. The third-order valence-electron chi connectivity index (χ3n) is 6.68. The predicted molar refractivity (Wildman–Crippen MR) is 149 cm³/mol. The molecular formula is C30H31ClN4O. The van der Waals surface area contributed by atoms with Gasteiger partial charge in [-0.25, -0.2) is 9.98 Å². The topological polar surface area (TPSA) is 53.5 Å². The van der Waals surface area contributed by atoms with E-state index in [2.05, 4.69) is 83.8 Å². The Balaban J connectivity index is 1.54. The van der Waals surface area contributed by atoms with Crippen molar-refractivity contribution in [2.24, 2.45) is 4.99 Å². The Morgan fingerprint density at radius 2 is 1.92 bits per heavy atom. The molecule has 1 aliphatic rings. The van der Waals surface area contributed by atoms with Gasteiger partial charge in [-0.2, -0.15) is 0 Å². The van der Waals surface area contributed by atoms with Crippen LogP contribution in [-0.4, -0.2) is 33.9 Å². The van der Waals surface area contributed by atoms with E-state index in [-0.39, 0.29) is 0 Å². The Kier molecular flexibility index (Phi) is 6.59. The minimum atomic E-state index is 0.302. The number of aromatic nitrogens is 2. The first-order valence-corrected chi connectivity index (χ1v) is 12.7. The number of aliphatic imine (C=N–C) groups is 1. The maximum atomic E-state index is 6.50. The molecule has 3 aromatic carbocycles. The van der Waals surface area contributed by atoms with Crippen molar-refractivity contribution < 1.29 is 4.74 Å². The summed E-state index contributed by atoms with van der Waals surface area (Å²) in [6.45, 7) is 14.3. The third kappa shape index (κ3) is 4.63. The van der Waals surface area contributed by atoms with E-state index in [0.29, 0.717) is 19.1 Å². The number of imidazole rings is 1. The van der Waals surface area contributed by atoms with Crippen LogP contribution in [0.15, 0.2) is 66.3 Å². The molecule has 0 unspecified atom stereocenters. The molecule has 1 aliphatic heterocycles. The van der Waals surface area contributed by atoms with Gasteiger partial charge < -0.3 is 14.6 Å². The number of amidine groups is 1. The predicted octanol–water partition coefficient (Wildman–Crippen LogP) is 7.41. The van der Waals surface area contributed by atoms with Crippen LogP contribution in [0.25, 0.3) is 22.2 Å². The van der Waals surface area contributed by atoms with Crippen LogP contribution in [0.2, 0.25) is 5.02 Å². The lowest BCUT2D eigenvalue weighted by Crippen LogP contribution is -2.34. The minimum Gasteiger partial charge on any atom is -0.491 e. The Morgan fingerprint density at radius 1 is 1.14 bits per heavy atom. The van der Waals surface area contributed by atoms with Crippen molar-refractivity contribution in [3.8, 4) is 16.9 Å². The van der Waals surface area contributed by atoms with Crippen LogP contribution < -0.4 is 4.74 Å². The van der Waals surface area contributed by atoms with Crippen LogP contribution in [-0.2, 0) is 6.54 Å².